The van der Waals surface area contributed by atoms with Crippen LogP contribution >= 0.6 is 0 Å². The summed E-state index contributed by atoms with van der Waals surface area (Å²) >= 11 is 0. The van der Waals surface area contributed by atoms with E-state index in [1.165, 1.54) is 52.7 Å². The molecular weight excluding hydrogens is 625 g/mol. The van der Waals surface area contributed by atoms with Gasteiger partial charge in [-0.3, -0.25) is 0 Å². The SMILES string of the molecule is N#CC1C=CC2=C(C1)C1(CCCCC1)c1c2cccc1-c1ccc2oc3c(-c4nc(-c5ccccc5)nc(-c5ccccc5)n4)cccc3c2c1. The van der Waals surface area contributed by atoms with E-state index in [-0.39, 0.29) is 11.3 Å². The monoisotopic (exact) mass is 658 g/mol. The first-order valence-electron chi connectivity index (χ1n) is 18.0. The van der Waals surface area contributed by atoms with Gasteiger partial charge in [0.15, 0.2) is 17.5 Å². The average Bonchev–Trinajstić information content (AvgIpc) is 3.71. The lowest BCUT2D eigenvalue weighted by atomic mass is 9.63. The van der Waals surface area contributed by atoms with Crippen LogP contribution in [-0.2, 0) is 5.41 Å². The molecule has 1 fully saturated rings. The first-order valence-corrected chi connectivity index (χ1v) is 18.0. The van der Waals surface area contributed by atoms with Gasteiger partial charge in [-0.1, -0.05) is 134 Å². The zero-order chi connectivity index (χ0) is 33.9. The molecule has 51 heavy (non-hydrogen) atoms. The van der Waals surface area contributed by atoms with Crippen LogP contribution in [0.5, 0.6) is 0 Å². The average molecular weight is 659 g/mol. The van der Waals surface area contributed by atoms with Gasteiger partial charge in [0.25, 0.3) is 0 Å². The minimum Gasteiger partial charge on any atom is -0.455 e. The number of benzene rings is 5. The largest absolute Gasteiger partial charge is 0.455 e. The molecule has 0 bridgehead atoms. The number of nitrogens with zero attached hydrogens (tertiary/aromatic N) is 4. The van der Waals surface area contributed by atoms with Crippen molar-refractivity contribution in [2.24, 2.45) is 5.92 Å². The summed E-state index contributed by atoms with van der Waals surface area (Å²) in [6.07, 6.45) is 11.2. The molecule has 1 saturated carbocycles. The predicted octanol–water partition coefficient (Wildman–Crippen LogP) is 11.5. The van der Waals surface area contributed by atoms with Crippen molar-refractivity contribution >= 4 is 27.5 Å². The maximum atomic E-state index is 9.89. The second-order valence-electron chi connectivity index (χ2n) is 14.1. The zero-order valence-corrected chi connectivity index (χ0v) is 28.1. The number of hydrogen-bond acceptors (Lipinski definition) is 5. The van der Waals surface area contributed by atoms with Crippen LogP contribution in [0.2, 0.25) is 0 Å². The Balaban J connectivity index is 1.13. The van der Waals surface area contributed by atoms with Crippen LogP contribution in [0, 0.1) is 17.2 Å². The molecule has 0 N–H and O–H groups in total. The van der Waals surface area contributed by atoms with Crippen molar-refractivity contribution in [3.63, 3.8) is 0 Å². The Morgan fingerprint density at radius 3 is 2.02 bits per heavy atom. The highest BCUT2D eigenvalue weighted by molar-refractivity contribution is 6.10. The summed E-state index contributed by atoms with van der Waals surface area (Å²) in [7, 11) is 0. The second-order valence-corrected chi connectivity index (χ2v) is 14.1. The van der Waals surface area contributed by atoms with Crippen LogP contribution in [0.1, 0.15) is 49.7 Å². The fourth-order valence-corrected chi connectivity index (χ4v) is 8.97. The summed E-state index contributed by atoms with van der Waals surface area (Å²) in [6, 6.07) is 42.3. The quantitative estimate of drug-likeness (QED) is 0.188. The Labute approximate surface area is 296 Å². The normalized spacial score (nSPS) is 17.5. The summed E-state index contributed by atoms with van der Waals surface area (Å²) in [5.74, 6) is 1.77. The molecule has 5 nitrogen and oxygen atoms in total. The fourth-order valence-electron chi connectivity index (χ4n) is 8.97. The highest BCUT2D eigenvalue weighted by atomic mass is 16.3. The van der Waals surface area contributed by atoms with Crippen molar-refractivity contribution in [1.29, 1.82) is 5.26 Å². The molecular formula is C46H34N4O. The third-order valence-corrected chi connectivity index (χ3v) is 11.3. The molecule has 3 aliphatic carbocycles. The third kappa shape index (κ3) is 4.71. The van der Waals surface area contributed by atoms with E-state index in [1.807, 2.05) is 66.7 Å². The Bertz CT molecular complexity index is 2540. The Morgan fingerprint density at radius 1 is 0.627 bits per heavy atom. The molecule has 10 rings (SSSR count). The molecule has 1 unspecified atom stereocenters. The topological polar surface area (TPSA) is 75.6 Å². The Hall–Kier alpha value is -6.12. The lowest BCUT2D eigenvalue weighted by Gasteiger charge is -2.40. The van der Waals surface area contributed by atoms with Crippen LogP contribution in [-0.4, -0.2) is 15.0 Å². The van der Waals surface area contributed by atoms with Gasteiger partial charge in [-0.2, -0.15) is 5.26 Å². The smallest absolute Gasteiger partial charge is 0.167 e. The Kier molecular flexibility index (Phi) is 6.86. The molecule has 5 aromatic carbocycles. The number of furan rings is 1. The van der Waals surface area contributed by atoms with Crippen molar-refractivity contribution in [3.05, 3.63) is 144 Å². The molecule has 7 aromatic rings. The Morgan fingerprint density at radius 2 is 1.29 bits per heavy atom. The van der Waals surface area contributed by atoms with Crippen molar-refractivity contribution in [2.45, 2.75) is 43.9 Å². The molecule has 0 aliphatic heterocycles. The molecule has 2 aromatic heterocycles. The predicted molar refractivity (Wildman–Crippen MR) is 203 cm³/mol. The lowest BCUT2D eigenvalue weighted by Crippen LogP contribution is -2.31. The lowest BCUT2D eigenvalue weighted by molar-refractivity contribution is 0.335. The van der Waals surface area contributed by atoms with E-state index < -0.39 is 0 Å². The van der Waals surface area contributed by atoms with E-state index in [0.717, 1.165) is 57.9 Å². The number of fused-ring (bicyclic) bond motifs is 7. The van der Waals surface area contributed by atoms with Gasteiger partial charge < -0.3 is 4.42 Å². The van der Waals surface area contributed by atoms with Crippen molar-refractivity contribution in [3.8, 4) is 51.4 Å². The van der Waals surface area contributed by atoms with Crippen molar-refractivity contribution < 1.29 is 4.42 Å². The van der Waals surface area contributed by atoms with E-state index in [2.05, 4.69) is 66.8 Å². The standard InChI is InChI=1S/C46H34N4O/c47-28-29-20-22-34-35-17-10-16-33(41(35)46(39(34)26-29)24-8-3-9-25-46)32-21-23-40-38(27-32)36-18-11-19-37(42(36)51-40)45-49-43(30-12-4-1-5-13-30)48-44(50-45)31-14-6-2-7-15-31/h1-2,4-7,10-23,27,29H,3,8-9,24-26H2. The number of allylic oxidation sites excluding steroid dienone is 4. The van der Waals surface area contributed by atoms with Crippen LogP contribution in [0.3, 0.4) is 0 Å². The molecule has 0 radical (unpaired) electrons. The number of hydrogen-bond donors (Lipinski definition) is 0. The van der Waals surface area contributed by atoms with Crippen LogP contribution in [0.25, 0.3) is 72.8 Å². The maximum absolute atomic E-state index is 9.89. The van der Waals surface area contributed by atoms with E-state index in [0.29, 0.717) is 17.5 Å². The fraction of sp³-hybridized carbons (Fsp3) is 0.174. The number of para-hydroxylation sites is 1. The molecule has 0 saturated heterocycles. The number of nitriles is 1. The van der Waals surface area contributed by atoms with Gasteiger partial charge in [-0.05, 0) is 65.3 Å². The van der Waals surface area contributed by atoms with E-state index in [9.17, 15) is 5.26 Å². The first kappa shape index (κ1) is 29.8. The number of rotatable bonds is 4. The molecule has 1 atom stereocenters. The molecule has 2 heterocycles. The first-order chi connectivity index (χ1) is 25.2. The van der Waals surface area contributed by atoms with Gasteiger partial charge >= 0.3 is 0 Å². The van der Waals surface area contributed by atoms with Gasteiger partial charge in [0, 0.05) is 27.3 Å². The number of aromatic nitrogens is 3. The van der Waals surface area contributed by atoms with Gasteiger partial charge in [0.2, 0.25) is 0 Å². The van der Waals surface area contributed by atoms with E-state index in [4.69, 9.17) is 19.4 Å². The summed E-state index contributed by atoms with van der Waals surface area (Å²) in [5.41, 5.74) is 12.4. The van der Waals surface area contributed by atoms with Crippen LogP contribution in [0.4, 0.5) is 0 Å². The van der Waals surface area contributed by atoms with E-state index in [1.54, 1.807) is 0 Å². The van der Waals surface area contributed by atoms with Gasteiger partial charge in [-0.25, -0.2) is 15.0 Å². The van der Waals surface area contributed by atoms with Gasteiger partial charge in [0.1, 0.15) is 11.2 Å². The third-order valence-electron chi connectivity index (χ3n) is 11.3. The molecule has 0 amide bonds. The van der Waals surface area contributed by atoms with Crippen molar-refractivity contribution in [1.82, 2.24) is 15.0 Å². The zero-order valence-electron chi connectivity index (χ0n) is 28.1. The van der Waals surface area contributed by atoms with Gasteiger partial charge in [0.05, 0.1) is 17.6 Å². The minimum atomic E-state index is -0.0555. The highest BCUT2D eigenvalue weighted by Gasteiger charge is 2.47. The molecule has 5 heteroatoms. The minimum absolute atomic E-state index is 0.00837. The van der Waals surface area contributed by atoms with Gasteiger partial charge in [-0.15, -0.1) is 0 Å². The summed E-state index contributed by atoms with van der Waals surface area (Å²) in [4.78, 5) is 14.9. The summed E-state index contributed by atoms with van der Waals surface area (Å²) in [6.45, 7) is 0. The summed E-state index contributed by atoms with van der Waals surface area (Å²) in [5, 5.41) is 12.0. The van der Waals surface area contributed by atoms with Crippen molar-refractivity contribution in [2.75, 3.05) is 0 Å². The molecule has 1 spiro atoms. The van der Waals surface area contributed by atoms with E-state index >= 15 is 0 Å². The molecule has 3 aliphatic rings. The van der Waals surface area contributed by atoms with Crippen LogP contribution < -0.4 is 0 Å². The highest BCUT2D eigenvalue weighted by Crippen LogP contribution is 2.59. The molecule has 244 valence electrons. The summed E-state index contributed by atoms with van der Waals surface area (Å²) < 4.78 is 6.68. The van der Waals surface area contributed by atoms with Crippen LogP contribution in [0.15, 0.2) is 137 Å². The maximum Gasteiger partial charge on any atom is 0.167 e. The second kappa shape index (κ2) is 11.7.